The van der Waals surface area contributed by atoms with Gasteiger partial charge < -0.3 is 14.2 Å². The molecule has 2 aliphatic rings. The van der Waals surface area contributed by atoms with Gasteiger partial charge in [-0.25, -0.2) is 0 Å². The minimum Gasteiger partial charge on any atom is -0.454 e. The molecule has 4 rings (SSSR count). The second-order valence-corrected chi connectivity index (χ2v) is 6.45. The molecule has 5 nitrogen and oxygen atoms in total. The first kappa shape index (κ1) is 15.4. The Morgan fingerprint density at radius 2 is 2.00 bits per heavy atom. The molecule has 1 aromatic carbocycles. The van der Waals surface area contributed by atoms with Gasteiger partial charge in [0.05, 0.1) is 6.61 Å². The Hall–Kier alpha value is -2.11. The maximum atomic E-state index is 5.54. The molecule has 0 radical (unpaired) electrons. The molecule has 2 aromatic rings. The van der Waals surface area contributed by atoms with E-state index in [2.05, 4.69) is 28.1 Å². The molecule has 0 amide bonds. The highest BCUT2D eigenvalue weighted by atomic mass is 16.7. The van der Waals surface area contributed by atoms with Crippen molar-refractivity contribution in [3.05, 3.63) is 53.9 Å². The molecular formula is C19H22N2O3. The molecule has 0 saturated carbocycles. The number of ether oxygens (including phenoxy) is 3. The molecule has 1 fully saturated rings. The third kappa shape index (κ3) is 3.68. The highest BCUT2D eigenvalue weighted by Crippen LogP contribution is 2.33. The van der Waals surface area contributed by atoms with Crippen LogP contribution in [0.5, 0.6) is 11.5 Å². The number of benzene rings is 1. The van der Waals surface area contributed by atoms with Crippen LogP contribution >= 0.6 is 0 Å². The van der Waals surface area contributed by atoms with Crippen LogP contribution in [-0.4, -0.2) is 36.4 Å². The zero-order valence-corrected chi connectivity index (χ0v) is 13.7. The van der Waals surface area contributed by atoms with Crippen molar-refractivity contribution in [2.75, 3.05) is 26.6 Å². The minimum atomic E-state index is 0.317. The minimum absolute atomic E-state index is 0.317. The number of hydrogen-bond acceptors (Lipinski definition) is 5. The lowest BCUT2D eigenvalue weighted by atomic mass is 10.1. The molecule has 1 aromatic heterocycles. The van der Waals surface area contributed by atoms with Crippen LogP contribution in [0.1, 0.15) is 17.5 Å². The third-order valence-electron chi connectivity index (χ3n) is 4.51. The molecule has 0 unspecified atom stereocenters. The summed E-state index contributed by atoms with van der Waals surface area (Å²) in [7, 11) is 0. The lowest BCUT2D eigenvalue weighted by molar-refractivity contribution is 0.161. The fourth-order valence-corrected chi connectivity index (χ4v) is 3.32. The Morgan fingerprint density at radius 3 is 2.83 bits per heavy atom. The van der Waals surface area contributed by atoms with Crippen LogP contribution in [0.3, 0.4) is 0 Å². The predicted octanol–water partition coefficient (Wildman–Crippen LogP) is 2.85. The van der Waals surface area contributed by atoms with Gasteiger partial charge >= 0.3 is 0 Å². The first-order chi connectivity index (χ1) is 11.9. The fraction of sp³-hybridized carbons (Fsp3) is 0.421. The van der Waals surface area contributed by atoms with Gasteiger partial charge in [0.15, 0.2) is 11.5 Å². The quantitative estimate of drug-likeness (QED) is 0.817. The Kier molecular flexibility index (Phi) is 4.62. The summed E-state index contributed by atoms with van der Waals surface area (Å²) in [5.41, 5.74) is 2.47. The van der Waals surface area contributed by atoms with Crippen LogP contribution in [0.2, 0.25) is 0 Å². The van der Waals surface area contributed by atoms with Gasteiger partial charge in [-0.05, 0) is 41.7 Å². The molecule has 0 aliphatic carbocycles. The summed E-state index contributed by atoms with van der Waals surface area (Å²) >= 11 is 0. The number of hydrogen-bond donors (Lipinski definition) is 0. The van der Waals surface area contributed by atoms with Gasteiger partial charge in [-0.2, -0.15) is 0 Å². The van der Waals surface area contributed by atoms with Crippen molar-refractivity contribution in [1.29, 1.82) is 0 Å². The summed E-state index contributed by atoms with van der Waals surface area (Å²) in [4.78, 5) is 6.70. The number of rotatable bonds is 6. The van der Waals surface area contributed by atoms with Crippen LogP contribution in [0.25, 0.3) is 0 Å². The van der Waals surface area contributed by atoms with E-state index < -0.39 is 0 Å². The Balaban J connectivity index is 1.48. The van der Waals surface area contributed by atoms with E-state index in [1.54, 1.807) is 0 Å². The van der Waals surface area contributed by atoms with E-state index in [1.165, 1.54) is 11.1 Å². The normalized spacial score (nSPS) is 19.1. The van der Waals surface area contributed by atoms with Crippen LogP contribution in [0.4, 0.5) is 0 Å². The second-order valence-electron chi connectivity index (χ2n) is 6.45. The molecular weight excluding hydrogens is 304 g/mol. The Morgan fingerprint density at radius 1 is 1.08 bits per heavy atom. The first-order valence-corrected chi connectivity index (χ1v) is 8.44. The highest BCUT2D eigenvalue weighted by Gasteiger charge is 2.21. The molecule has 5 heteroatoms. The van der Waals surface area contributed by atoms with Crippen LogP contribution in [0, 0.1) is 5.92 Å². The average molecular weight is 326 g/mol. The monoisotopic (exact) mass is 326 g/mol. The molecule has 2 aliphatic heterocycles. The summed E-state index contributed by atoms with van der Waals surface area (Å²) in [6.07, 6.45) is 4.90. The number of pyridine rings is 1. The van der Waals surface area contributed by atoms with Crippen molar-refractivity contribution in [2.45, 2.75) is 19.5 Å². The van der Waals surface area contributed by atoms with E-state index in [0.29, 0.717) is 12.7 Å². The van der Waals surface area contributed by atoms with Crippen molar-refractivity contribution in [2.24, 2.45) is 5.92 Å². The van der Waals surface area contributed by atoms with Crippen molar-refractivity contribution in [3.8, 4) is 11.5 Å². The summed E-state index contributed by atoms with van der Waals surface area (Å²) < 4.78 is 16.4. The van der Waals surface area contributed by atoms with Crippen molar-refractivity contribution >= 4 is 0 Å². The van der Waals surface area contributed by atoms with Crippen molar-refractivity contribution < 1.29 is 14.2 Å². The molecule has 24 heavy (non-hydrogen) atoms. The van der Waals surface area contributed by atoms with Gasteiger partial charge in [-0.3, -0.25) is 9.88 Å². The third-order valence-corrected chi connectivity index (χ3v) is 4.51. The lowest BCUT2D eigenvalue weighted by Gasteiger charge is -2.25. The van der Waals surface area contributed by atoms with Gasteiger partial charge in [-0.1, -0.05) is 12.1 Å². The second kappa shape index (κ2) is 7.20. The predicted molar refractivity (Wildman–Crippen MR) is 89.8 cm³/mol. The summed E-state index contributed by atoms with van der Waals surface area (Å²) in [6, 6.07) is 10.3. The maximum absolute atomic E-state index is 5.54. The van der Waals surface area contributed by atoms with Crippen LogP contribution in [-0.2, 0) is 17.8 Å². The van der Waals surface area contributed by atoms with Crippen LogP contribution in [0.15, 0.2) is 42.7 Å². The van der Waals surface area contributed by atoms with E-state index in [4.69, 9.17) is 14.2 Å². The van der Waals surface area contributed by atoms with Crippen molar-refractivity contribution in [1.82, 2.24) is 9.88 Å². The Bertz CT molecular complexity index is 672. The van der Waals surface area contributed by atoms with Gasteiger partial charge in [-0.15, -0.1) is 0 Å². The SMILES string of the molecule is c1cncc(CN(Cc2ccc3c(c2)OCO3)C[C@H]2CCOC2)c1. The summed E-state index contributed by atoms with van der Waals surface area (Å²) in [6.45, 7) is 4.86. The number of nitrogens with zero attached hydrogens (tertiary/aromatic N) is 2. The van der Waals surface area contributed by atoms with Gasteiger partial charge in [0, 0.05) is 38.6 Å². The molecule has 0 bridgehead atoms. The van der Waals surface area contributed by atoms with Crippen LogP contribution < -0.4 is 9.47 Å². The molecule has 0 N–H and O–H groups in total. The van der Waals surface area contributed by atoms with Gasteiger partial charge in [0.2, 0.25) is 6.79 Å². The number of aromatic nitrogens is 1. The van der Waals surface area contributed by atoms with E-state index in [-0.39, 0.29) is 0 Å². The molecule has 1 atom stereocenters. The van der Waals surface area contributed by atoms with Crippen molar-refractivity contribution in [3.63, 3.8) is 0 Å². The van der Waals surface area contributed by atoms with Gasteiger partial charge in [0.1, 0.15) is 0 Å². The zero-order valence-electron chi connectivity index (χ0n) is 13.7. The fourth-order valence-electron chi connectivity index (χ4n) is 3.32. The first-order valence-electron chi connectivity index (χ1n) is 8.44. The topological polar surface area (TPSA) is 43.8 Å². The van der Waals surface area contributed by atoms with E-state index in [9.17, 15) is 0 Å². The maximum Gasteiger partial charge on any atom is 0.231 e. The smallest absolute Gasteiger partial charge is 0.231 e. The molecule has 1 saturated heterocycles. The summed E-state index contributed by atoms with van der Waals surface area (Å²) in [5, 5.41) is 0. The summed E-state index contributed by atoms with van der Waals surface area (Å²) in [5.74, 6) is 2.29. The number of fused-ring (bicyclic) bond motifs is 1. The zero-order chi connectivity index (χ0) is 16.2. The van der Waals surface area contributed by atoms with E-state index in [1.807, 2.05) is 24.5 Å². The highest BCUT2D eigenvalue weighted by molar-refractivity contribution is 5.44. The molecule has 3 heterocycles. The average Bonchev–Trinajstić information content (AvgIpc) is 3.27. The lowest BCUT2D eigenvalue weighted by Crippen LogP contribution is -2.29. The molecule has 126 valence electrons. The molecule has 0 spiro atoms. The Labute approximate surface area is 142 Å². The van der Waals surface area contributed by atoms with E-state index >= 15 is 0 Å². The standard InChI is InChI=1S/C19H22N2O3/c1-2-16(9-20-6-1)11-21(12-17-5-7-22-13-17)10-15-3-4-18-19(8-15)24-14-23-18/h1-4,6,8-9,17H,5,7,10-14H2/t17-/m1/s1. The van der Waals surface area contributed by atoms with Gasteiger partial charge in [0.25, 0.3) is 0 Å². The largest absolute Gasteiger partial charge is 0.454 e. The van der Waals surface area contributed by atoms with E-state index in [0.717, 1.165) is 50.8 Å².